The highest BCUT2D eigenvalue weighted by Gasteiger charge is 2.30. The molecule has 3 rings (SSSR count). The molecule has 0 spiro atoms. The average Bonchev–Trinajstić information content (AvgIpc) is 2.95. The summed E-state index contributed by atoms with van der Waals surface area (Å²) in [6, 6.07) is 11.3. The second-order valence-electron chi connectivity index (χ2n) is 6.57. The van der Waals surface area contributed by atoms with Crippen molar-refractivity contribution in [3.63, 3.8) is 0 Å². The molecule has 0 aliphatic carbocycles. The number of likely N-dealkylation sites (tertiary alicyclic amines) is 1. The van der Waals surface area contributed by atoms with E-state index < -0.39 is 0 Å². The summed E-state index contributed by atoms with van der Waals surface area (Å²) >= 11 is 0. The van der Waals surface area contributed by atoms with Crippen molar-refractivity contribution in [3.05, 3.63) is 35.9 Å². The second kappa shape index (κ2) is 7.25. The Kier molecular flexibility index (Phi) is 5.11. The third-order valence-electron chi connectivity index (χ3n) is 5.06. The first-order chi connectivity index (χ1) is 10.7. The molecule has 2 heterocycles. The van der Waals surface area contributed by atoms with Crippen molar-refractivity contribution in [2.24, 2.45) is 0 Å². The molecule has 2 aliphatic rings. The van der Waals surface area contributed by atoms with Gasteiger partial charge >= 0.3 is 0 Å². The number of hydrogen-bond acceptors (Lipinski definition) is 3. The van der Waals surface area contributed by atoms with Crippen LogP contribution in [-0.4, -0.2) is 61.0 Å². The van der Waals surface area contributed by atoms with Gasteiger partial charge in [-0.2, -0.15) is 0 Å². The van der Waals surface area contributed by atoms with Crippen LogP contribution in [0.5, 0.6) is 0 Å². The van der Waals surface area contributed by atoms with E-state index in [-0.39, 0.29) is 0 Å². The summed E-state index contributed by atoms with van der Waals surface area (Å²) in [4.78, 5) is 16.8. The molecule has 2 unspecified atom stereocenters. The number of hydrogen-bond donors (Lipinski definition) is 1. The van der Waals surface area contributed by atoms with Crippen molar-refractivity contribution >= 4 is 5.91 Å². The van der Waals surface area contributed by atoms with E-state index in [4.69, 9.17) is 0 Å². The fourth-order valence-corrected chi connectivity index (χ4v) is 3.69. The smallest absolute Gasteiger partial charge is 0.223 e. The summed E-state index contributed by atoms with van der Waals surface area (Å²) in [6.45, 7) is 7.86. The zero-order valence-corrected chi connectivity index (χ0v) is 13.5. The van der Waals surface area contributed by atoms with Gasteiger partial charge in [0.25, 0.3) is 0 Å². The summed E-state index contributed by atoms with van der Waals surface area (Å²) in [7, 11) is 0. The molecule has 0 bridgehead atoms. The van der Waals surface area contributed by atoms with Gasteiger partial charge in [-0.1, -0.05) is 30.3 Å². The van der Waals surface area contributed by atoms with E-state index in [1.165, 1.54) is 12.0 Å². The van der Waals surface area contributed by atoms with Crippen LogP contribution in [0.15, 0.2) is 30.3 Å². The SMILES string of the molecule is CC1CC(c2ccccc2)CN1CCC(=O)N1CCNCC1. The third-order valence-corrected chi connectivity index (χ3v) is 5.06. The fourth-order valence-electron chi connectivity index (χ4n) is 3.69. The van der Waals surface area contributed by atoms with Crippen LogP contribution < -0.4 is 5.32 Å². The highest BCUT2D eigenvalue weighted by atomic mass is 16.2. The topological polar surface area (TPSA) is 35.6 Å². The molecule has 22 heavy (non-hydrogen) atoms. The van der Waals surface area contributed by atoms with Crippen LogP contribution in [0.25, 0.3) is 0 Å². The number of benzene rings is 1. The molecule has 1 aromatic rings. The third kappa shape index (κ3) is 3.68. The molecule has 2 fully saturated rings. The summed E-state index contributed by atoms with van der Waals surface area (Å²) in [5.74, 6) is 0.933. The monoisotopic (exact) mass is 301 g/mol. The van der Waals surface area contributed by atoms with Crippen LogP contribution >= 0.6 is 0 Å². The van der Waals surface area contributed by atoms with Crippen LogP contribution in [0, 0.1) is 0 Å². The summed E-state index contributed by atoms with van der Waals surface area (Å²) in [6.07, 6.45) is 1.86. The van der Waals surface area contributed by atoms with E-state index in [0.29, 0.717) is 24.3 Å². The van der Waals surface area contributed by atoms with Crippen molar-refractivity contribution in [2.75, 3.05) is 39.3 Å². The summed E-state index contributed by atoms with van der Waals surface area (Å²) < 4.78 is 0. The van der Waals surface area contributed by atoms with Crippen LogP contribution in [0.2, 0.25) is 0 Å². The Hall–Kier alpha value is -1.39. The van der Waals surface area contributed by atoms with Crippen molar-refractivity contribution in [1.82, 2.24) is 15.1 Å². The Labute approximate surface area is 133 Å². The molecule has 0 aromatic heterocycles. The van der Waals surface area contributed by atoms with Gasteiger partial charge in [-0.05, 0) is 24.8 Å². The van der Waals surface area contributed by atoms with E-state index in [2.05, 4.69) is 47.5 Å². The molecule has 4 heteroatoms. The van der Waals surface area contributed by atoms with E-state index in [1.54, 1.807) is 0 Å². The zero-order valence-electron chi connectivity index (χ0n) is 13.5. The molecule has 1 N–H and O–H groups in total. The standard InChI is InChI=1S/C18H27N3O/c1-15-13-17(16-5-3-2-4-6-16)14-21(15)10-7-18(22)20-11-8-19-9-12-20/h2-6,15,17,19H,7-14H2,1H3. The summed E-state index contributed by atoms with van der Waals surface area (Å²) in [5, 5.41) is 3.29. The van der Waals surface area contributed by atoms with Crippen LogP contribution in [-0.2, 0) is 4.79 Å². The summed E-state index contributed by atoms with van der Waals surface area (Å²) in [5.41, 5.74) is 1.44. The van der Waals surface area contributed by atoms with Crippen LogP contribution in [0.4, 0.5) is 0 Å². The molecule has 4 nitrogen and oxygen atoms in total. The second-order valence-corrected chi connectivity index (χ2v) is 6.57. The minimum absolute atomic E-state index is 0.317. The molecule has 0 radical (unpaired) electrons. The van der Waals surface area contributed by atoms with Gasteiger partial charge < -0.3 is 10.2 Å². The normalized spacial score (nSPS) is 26.3. The lowest BCUT2D eigenvalue weighted by atomic mass is 9.97. The Morgan fingerprint density at radius 2 is 1.95 bits per heavy atom. The molecule has 0 saturated carbocycles. The van der Waals surface area contributed by atoms with Gasteiger partial charge in [0.05, 0.1) is 0 Å². The van der Waals surface area contributed by atoms with E-state index in [0.717, 1.165) is 39.3 Å². The molecular formula is C18H27N3O. The van der Waals surface area contributed by atoms with Gasteiger partial charge in [-0.15, -0.1) is 0 Å². The highest BCUT2D eigenvalue weighted by molar-refractivity contribution is 5.76. The van der Waals surface area contributed by atoms with Crippen molar-refractivity contribution in [3.8, 4) is 0 Å². The molecular weight excluding hydrogens is 274 g/mol. The molecule has 120 valence electrons. The number of carbonyl (C=O) groups excluding carboxylic acids is 1. The number of amides is 1. The number of nitrogens with one attached hydrogen (secondary N) is 1. The van der Waals surface area contributed by atoms with Gasteiger partial charge in [0.2, 0.25) is 5.91 Å². The Balaban J connectivity index is 1.49. The van der Waals surface area contributed by atoms with Crippen LogP contribution in [0.1, 0.15) is 31.2 Å². The Morgan fingerprint density at radius 1 is 1.23 bits per heavy atom. The Morgan fingerprint density at radius 3 is 2.68 bits per heavy atom. The predicted molar refractivity (Wildman–Crippen MR) is 88.9 cm³/mol. The molecule has 2 saturated heterocycles. The van der Waals surface area contributed by atoms with Gasteiger partial charge in [0.1, 0.15) is 0 Å². The number of piperazine rings is 1. The average molecular weight is 301 g/mol. The quantitative estimate of drug-likeness (QED) is 0.919. The van der Waals surface area contributed by atoms with Gasteiger partial charge in [-0.25, -0.2) is 0 Å². The first-order valence-electron chi connectivity index (χ1n) is 8.51. The molecule has 2 atom stereocenters. The largest absolute Gasteiger partial charge is 0.340 e. The first kappa shape index (κ1) is 15.5. The maximum absolute atomic E-state index is 12.3. The number of carbonyl (C=O) groups is 1. The lowest BCUT2D eigenvalue weighted by Gasteiger charge is -2.29. The van der Waals surface area contributed by atoms with Crippen molar-refractivity contribution in [2.45, 2.75) is 31.7 Å². The van der Waals surface area contributed by atoms with Gasteiger partial charge in [0, 0.05) is 51.7 Å². The first-order valence-corrected chi connectivity index (χ1v) is 8.51. The zero-order chi connectivity index (χ0) is 15.4. The van der Waals surface area contributed by atoms with Crippen molar-refractivity contribution in [1.29, 1.82) is 0 Å². The molecule has 1 aromatic carbocycles. The van der Waals surface area contributed by atoms with Crippen LogP contribution in [0.3, 0.4) is 0 Å². The lowest BCUT2D eigenvalue weighted by molar-refractivity contribution is -0.132. The Bertz CT molecular complexity index is 484. The number of rotatable bonds is 4. The number of nitrogens with zero attached hydrogens (tertiary/aromatic N) is 2. The van der Waals surface area contributed by atoms with E-state index in [9.17, 15) is 4.79 Å². The predicted octanol–water partition coefficient (Wildman–Crippen LogP) is 1.69. The highest BCUT2D eigenvalue weighted by Crippen LogP contribution is 2.31. The fraction of sp³-hybridized carbons (Fsp3) is 0.611. The van der Waals surface area contributed by atoms with Gasteiger partial charge in [-0.3, -0.25) is 9.69 Å². The van der Waals surface area contributed by atoms with E-state index >= 15 is 0 Å². The molecule has 2 aliphatic heterocycles. The van der Waals surface area contributed by atoms with Crippen molar-refractivity contribution < 1.29 is 4.79 Å². The maximum atomic E-state index is 12.3. The minimum Gasteiger partial charge on any atom is -0.340 e. The van der Waals surface area contributed by atoms with E-state index in [1.807, 2.05) is 4.90 Å². The molecule has 1 amide bonds. The van der Waals surface area contributed by atoms with Gasteiger partial charge in [0.15, 0.2) is 0 Å². The lowest BCUT2D eigenvalue weighted by Crippen LogP contribution is -2.47. The minimum atomic E-state index is 0.317. The maximum Gasteiger partial charge on any atom is 0.223 e.